The fourth-order valence-electron chi connectivity index (χ4n) is 3.87. The lowest BCUT2D eigenvalue weighted by Gasteiger charge is -2.21. The molecule has 1 unspecified atom stereocenters. The molecule has 164 valence electrons. The average molecular weight is 521 g/mol. The van der Waals surface area contributed by atoms with Gasteiger partial charge in [-0.15, -0.1) is 24.0 Å². The number of benzene rings is 2. The number of hydrogen-bond acceptors (Lipinski definition) is 3. The molecule has 1 saturated heterocycles. The van der Waals surface area contributed by atoms with E-state index in [1.807, 2.05) is 7.05 Å². The van der Waals surface area contributed by atoms with Crippen molar-refractivity contribution in [3.8, 4) is 0 Å². The molecule has 1 heterocycles. The molecule has 0 spiro atoms. The highest BCUT2D eigenvalue weighted by Gasteiger charge is 2.23. The van der Waals surface area contributed by atoms with E-state index >= 15 is 0 Å². The summed E-state index contributed by atoms with van der Waals surface area (Å²) in [6, 6.07) is 19.9. The molecule has 1 fully saturated rings. The number of halogens is 1. The van der Waals surface area contributed by atoms with Crippen LogP contribution in [0.15, 0.2) is 59.6 Å². The van der Waals surface area contributed by atoms with Gasteiger partial charge in [0, 0.05) is 45.0 Å². The van der Waals surface area contributed by atoms with Gasteiger partial charge in [0.05, 0.1) is 0 Å². The minimum atomic E-state index is 0. The largest absolute Gasteiger partial charge is 0.369 e. The van der Waals surface area contributed by atoms with E-state index in [4.69, 9.17) is 0 Å². The third-order valence-electron chi connectivity index (χ3n) is 5.63. The highest BCUT2D eigenvalue weighted by Crippen LogP contribution is 2.19. The van der Waals surface area contributed by atoms with Gasteiger partial charge in [0.2, 0.25) is 0 Å². The van der Waals surface area contributed by atoms with E-state index in [2.05, 4.69) is 93.9 Å². The van der Waals surface area contributed by atoms with Crippen LogP contribution in [0.25, 0.3) is 0 Å². The first-order valence-corrected chi connectivity index (χ1v) is 10.8. The van der Waals surface area contributed by atoms with Crippen molar-refractivity contribution in [1.82, 2.24) is 15.5 Å². The molecular weight excluding hydrogens is 485 g/mol. The molecule has 0 aliphatic carbocycles. The van der Waals surface area contributed by atoms with E-state index in [9.17, 15) is 0 Å². The van der Waals surface area contributed by atoms with Gasteiger partial charge >= 0.3 is 0 Å². The highest BCUT2D eigenvalue weighted by atomic mass is 127. The van der Waals surface area contributed by atoms with Gasteiger partial charge in [-0.2, -0.15) is 0 Å². The van der Waals surface area contributed by atoms with Gasteiger partial charge < -0.3 is 15.5 Å². The third-order valence-corrected chi connectivity index (χ3v) is 5.63. The van der Waals surface area contributed by atoms with Gasteiger partial charge in [-0.05, 0) is 42.8 Å². The van der Waals surface area contributed by atoms with Crippen molar-refractivity contribution in [3.05, 3.63) is 65.7 Å². The monoisotopic (exact) mass is 521 g/mol. The zero-order chi connectivity index (χ0) is 20.5. The van der Waals surface area contributed by atoms with Crippen molar-refractivity contribution < 1.29 is 0 Å². The van der Waals surface area contributed by atoms with Crippen LogP contribution in [0, 0.1) is 0 Å². The summed E-state index contributed by atoms with van der Waals surface area (Å²) in [5, 5.41) is 7.07. The number of nitrogens with zero attached hydrogens (tertiary/aromatic N) is 3. The van der Waals surface area contributed by atoms with Crippen LogP contribution in [0.1, 0.15) is 31.4 Å². The molecule has 5 nitrogen and oxygen atoms in total. The first-order chi connectivity index (χ1) is 14.2. The summed E-state index contributed by atoms with van der Waals surface area (Å²) in [4.78, 5) is 9.30. The SMILES string of the molecule is CCN(CC)Cc1cccc(CNC(=NC)NC2CCN(c3ccccc3)C2)c1.I. The standard InChI is InChI=1S/C24H35N5.HI/c1-4-28(5-2)18-21-11-9-10-20(16-21)17-26-24(25-3)27-22-14-15-29(19-22)23-12-7-6-8-13-23;/h6-13,16,22H,4-5,14-15,17-19H2,1-3H3,(H2,25,26,27);1H. The smallest absolute Gasteiger partial charge is 0.191 e. The van der Waals surface area contributed by atoms with Crippen molar-refractivity contribution >= 4 is 35.6 Å². The van der Waals surface area contributed by atoms with Crippen LogP contribution >= 0.6 is 24.0 Å². The van der Waals surface area contributed by atoms with Crippen LogP contribution in [0.4, 0.5) is 5.69 Å². The average Bonchev–Trinajstić information content (AvgIpc) is 3.24. The summed E-state index contributed by atoms with van der Waals surface area (Å²) in [5.74, 6) is 0.874. The van der Waals surface area contributed by atoms with Crippen LogP contribution in [0.5, 0.6) is 0 Å². The van der Waals surface area contributed by atoms with Crippen LogP contribution in [0.3, 0.4) is 0 Å². The number of hydrogen-bond donors (Lipinski definition) is 2. The highest BCUT2D eigenvalue weighted by molar-refractivity contribution is 14.0. The van der Waals surface area contributed by atoms with Crippen molar-refractivity contribution in [2.75, 3.05) is 38.1 Å². The molecule has 1 aliphatic heterocycles. The Morgan fingerprint density at radius 3 is 2.50 bits per heavy atom. The van der Waals surface area contributed by atoms with E-state index in [-0.39, 0.29) is 24.0 Å². The maximum atomic E-state index is 4.43. The lowest BCUT2D eigenvalue weighted by molar-refractivity contribution is 0.296. The Bertz CT molecular complexity index is 776. The molecular formula is C24H36IN5. The van der Waals surface area contributed by atoms with Crippen molar-refractivity contribution in [1.29, 1.82) is 0 Å². The molecule has 2 N–H and O–H groups in total. The van der Waals surface area contributed by atoms with E-state index in [1.54, 1.807) is 0 Å². The second kappa shape index (κ2) is 12.8. The number of nitrogens with one attached hydrogen (secondary N) is 2. The topological polar surface area (TPSA) is 42.9 Å². The van der Waals surface area contributed by atoms with E-state index in [1.165, 1.54) is 16.8 Å². The van der Waals surface area contributed by atoms with Gasteiger partial charge in [0.15, 0.2) is 5.96 Å². The third kappa shape index (κ3) is 7.16. The van der Waals surface area contributed by atoms with Gasteiger partial charge in [-0.3, -0.25) is 9.89 Å². The van der Waals surface area contributed by atoms with Crippen molar-refractivity contribution in [2.24, 2.45) is 4.99 Å². The first-order valence-electron chi connectivity index (χ1n) is 10.8. The molecule has 0 amide bonds. The summed E-state index contributed by atoms with van der Waals surface area (Å²) >= 11 is 0. The summed E-state index contributed by atoms with van der Waals surface area (Å²) in [5.41, 5.74) is 3.95. The number of guanidine groups is 1. The zero-order valence-electron chi connectivity index (χ0n) is 18.5. The molecule has 0 radical (unpaired) electrons. The second-order valence-corrected chi connectivity index (χ2v) is 7.62. The predicted molar refractivity (Wildman–Crippen MR) is 139 cm³/mol. The van der Waals surface area contributed by atoms with Crippen LogP contribution < -0.4 is 15.5 Å². The number of rotatable bonds is 8. The fourth-order valence-corrected chi connectivity index (χ4v) is 3.87. The Balaban J connectivity index is 0.00000320. The zero-order valence-corrected chi connectivity index (χ0v) is 20.8. The van der Waals surface area contributed by atoms with E-state index < -0.39 is 0 Å². The Morgan fingerprint density at radius 1 is 1.07 bits per heavy atom. The van der Waals surface area contributed by atoms with Gasteiger partial charge in [0.25, 0.3) is 0 Å². The Labute approximate surface area is 199 Å². The molecule has 1 atom stereocenters. The van der Waals surface area contributed by atoms with Crippen LogP contribution in [0.2, 0.25) is 0 Å². The van der Waals surface area contributed by atoms with Crippen LogP contribution in [-0.4, -0.2) is 50.1 Å². The fraction of sp³-hybridized carbons (Fsp3) is 0.458. The minimum Gasteiger partial charge on any atom is -0.369 e. The molecule has 0 saturated carbocycles. The first kappa shape index (κ1) is 24.5. The Hall–Kier alpha value is -1.80. The maximum Gasteiger partial charge on any atom is 0.191 e. The summed E-state index contributed by atoms with van der Waals surface area (Å²) < 4.78 is 0. The van der Waals surface area contributed by atoms with Crippen molar-refractivity contribution in [2.45, 2.75) is 39.4 Å². The van der Waals surface area contributed by atoms with Crippen molar-refractivity contribution in [3.63, 3.8) is 0 Å². The summed E-state index contributed by atoms with van der Waals surface area (Å²) in [6.07, 6.45) is 1.12. The van der Waals surface area contributed by atoms with Gasteiger partial charge in [-0.1, -0.05) is 56.3 Å². The maximum absolute atomic E-state index is 4.43. The predicted octanol–water partition coefficient (Wildman–Crippen LogP) is 4.09. The number of aliphatic imine (C=N–C) groups is 1. The van der Waals surface area contributed by atoms with Gasteiger partial charge in [-0.25, -0.2) is 0 Å². The molecule has 2 aromatic carbocycles. The molecule has 2 aromatic rings. The van der Waals surface area contributed by atoms with E-state index in [0.717, 1.165) is 51.6 Å². The number of para-hydroxylation sites is 1. The summed E-state index contributed by atoms with van der Waals surface area (Å²) in [6.45, 7) is 10.5. The van der Waals surface area contributed by atoms with E-state index in [0.29, 0.717) is 6.04 Å². The summed E-state index contributed by atoms with van der Waals surface area (Å²) in [7, 11) is 1.84. The minimum absolute atomic E-state index is 0. The normalized spacial score (nSPS) is 16.5. The Morgan fingerprint density at radius 2 is 1.80 bits per heavy atom. The number of anilines is 1. The lowest BCUT2D eigenvalue weighted by atomic mass is 10.1. The van der Waals surface area contributed by atoms with Gasteiger partial charge in [0.1, 0.15) is 0 Å². The molecule has 0 bridgehead atoms. The quantitative estimate of drug-likeness (QED) is 0.312. The molecule has 30 heavy (non-hydrogen) atoms. The molecule has 6 heteroatoms. The lowest BCUT2D eigenvalue weighted by Crippen LogP contribution is -2.44. The molecule has 3 rings (SSSR count). The molecule has 0 aromatic heterocycles. The van der Waals surface area contributed by atoms with Crippen LogP contribution in [-0.2, 0) is 13.1 Å². The second-order valence-electron chi connectivity index (χ2n) is 7.62. The Kier molecular flexibility index (Phi) is 10.4. The molecule has 1 aliphatic rings.